The number of aromatic nitrogens is 2. The SMILES string of the molecule is O=c1[nH]cnc(NCC2CCCO2)c1Cl. The van der Waals surface area contributed by atoms with Crippen molar-refractivity contribution in [3.63, 3.8) is 0 Å². The third kappa shape index (κ3) is 2.49. The number of H-pyrrole nitrogens is 1. The minimum Gasteiger partial charge on any atom is -0.376 e. The number of nitrogens with zero attached hydrogens (tertiary/aromatic N) is 1. The maximum atomic E-state index is 11.1. The number of ether oxygens (including phenoxy) is 1. The van der Waals surface area contributed by atoms with Gasteiger partial charge in [0, 0.05) is 13.2 Å². The van der Waals surface area contributed by atoms with Gasteiger partial charge in [-0.2, -0.15) is 0 Å². The molecule has 1 aromatic heterocycles. The quantitative estimate of drug-likeness (QED) is 0.812. The molecule has 2 heterocycles. The summed E-state index contributed by atoms with van der Waals surface area (Å²) < 4.78 is 5.43. The van der Waals surface area contributed by atoms with Gasteiger partial charge in [0.1, 0.15) is 5.02 Å². The summed E-state index contributed by atoms with van der Waals surface area (Å²) in [5, 5.41) is 3.10. The second kappa shape index (κ2) is 4.63. The van der Waals surface area contributed by atoms with E-state index in [1.165, 1.54) is 6.33 Å². The van der Waals surface area contributed by atoms with E-state index in [4.69, 9.17) is 16.3 Å². The van der Waals surface area contributed by atoms with Gasteiger partial charge in [-0.1, -0.05) is 11.6 Å². The van der Waals surface area contributed by atoms with Crippen molar-refractivity contribution in [2.24, 2.45) is 0 Å². The van der Waals surface area contributed by atoms with Crippen molar-refractivity contribution >= 4 is 17.4 Å². The highest BCUT2D eigenvalue weighted by molar-refractivity contribution is 6.32. The Bertz CT molecular complexity index is 387. The molecule has 15 heavy (non-hydrogen) atoms. The van der Waals surface area contributed by atoms with E-state index in [1.807, 2.05) is 0 Å². The molecule has 1 fully saturated rings. The van der Waals surface area contributed by atoms with E-state index in [0.717, 1.165) is 19.4 Å². The highest BCUT2D eigenvalue weighted by Crippen LogP contribution is 2.15. The van der Waals surface area contributed by atoms with Crippen molar-refractivity contribution in [1.29, 1.82) is 0 Å². The lowest BCUT2D eigenvalue weighted by atomic mass is 10.2. The van der Waals surface area contributed by atoms with Gasteiger partial charge in [-0.25, -0.2) is 4.98 Å². The zero-order valence-electron chi connectivity index (χ0n) is 8.12. The lowest BCUT2D eigenvalue weighted by Gasteiger charge is -2.11. The molecule has 0 saturated carbocycles. The Balaban J connectivity index is 1.98. The smallest absolute Gasteiger partial charge is 0.271 e. The fraction of sp³-hybridized carbons (Fsp3) is 0.556. The van der Waals surface area contributed by atoms with E-state index in [2.05, 4.69) is 15.3 Å². The topological polar surface area (TPSA) is 67.0 Å². The van der Waals surface area contributed by atoms with E-state index in [1.54, 1.807) is 0 Å². The summed E-state index contributed by atoms with van der Waals surface area (Å²) in [5.41, 5.74) is -0.332. The molecule has 0 amide bonds. The normalized spacial score (nSPS) is 20.5. The van der Waals surface area contributed by atoms with Crippen LogP contribution in [0.15, 0.2) is 11.1 Å². The van der Waals surface area contributed by atoms with Gasteiger partial charge in [-0.15, -0.1) is 0 Å². The number of nitrogens with one attached hydrogen (secondary N) is 2. The summed E-state index contributed by atoms with van der Waals surface area (Å²) in [4.78, 5) is 17.5. The van der Waals surface area contributed by atoms with Crippen molar-refractivity contribution in [3.8, 4) is 0 Å². The lowest BCUT2D eigenvalue weighted by Crippen LogP contribution is -2.21. The molecule has 1 aliphatic heterocycles. The molecule has 0 aliphatic carbocycles. The number of rotatable bonds is 3. The molecule has 1 unspecified atom stereocenters. The van der Waals surface area contributed by atoms with Crippen LogP contribution in [-0.4, -0.2) is 29.2 Å². The molecule has 82 valence electrons. The van der Waals surface area contributed by atoms with Gasteiger partial charge in [0.2, 0.25) is 0 Å². The largest absolute Gasteiger partial charge is 0.376 e. The van der Waals surface area contributed by atoms with Crippen molar-refractivity contribution in [2.75, 3.05) is 18.5 Å². The predicted molar refractivity (Wildman–Crippen MR) is 57.3 cm³/mol. The van der Waals surface area contributed by atoms with Gasteiger partial charge in [0.15, 0.2) is 5.82 Å². The number of halogens is 1. The number of aromatic amines is 1. The molecule has 6 heteroatoms. The van der Waals surface area contributed by atoms with Crippen LogP contribution in [0.2, 0.25) is 5.02 Å². The molecule has 0 aromatic carbocycles. The molecular formula is C9H12ClN3O2. The van der Waals surface area contributed by atoms with E-state index < -0.39 is 0 Å². The van der Waals surface area contributed by atoms with Gasteiger partial charge >= 0.3 is 0 Å². The van der Waals surface area contributed by atoms with Gasteiger partial charge < -0.3 is 15.0 Å². The summed E-state index contributed by atoms with van der Waals surface area (Å²) in [5.74, 6) is 0.413. The molecule has 0 spiro atoms. The molecule has 0 bridgehead atoms. The van der Waals surface area contributed by atoms with Crippen LogP contribution in [0.25, 0.3) is 0 Å². The Labute approximate surface area is 91.8 Å². The Morgan fingerprint density at radius 2 is 2.60 bits per heavy atom. The third-order valence-corrected chi connectivity index (χ3v) is 2.67. The highest BCUT2D eigenvalue weighted by atomic mass is 35.5. The fourth-order valence-corrected chi connectivity index (χ4v) is 1.69. The summed E-state index contributed by atoms with van der Waals surface area (Å²) >= 11 is 5.77. The van der Waals surface area contributed by atoms with Crippen molar-refractivity contribution in [3.05, 3.63) is 21.7 Å². The van der Waals surface area contributed by atoms with Crippen LogP contribution < -0.4 is 10.9 Å². The van der Waals surface area contributed by atoms with Crippen LogP contribution in [0.3, 0.4) is 0 Å². The van der Waals surface area contributed by atoms with Gasteiger partial charge in [-0.05, 0) is 12.8 Å². The van der Waals surface area contributed by atoms with Gasteiger partial charge in [0.05, 0.1) is 12.4 Å². The van der Waals surface area contributed by atoms with Crippen LogP contribution in [0.1, 0.15) is 12.8 Å². The molecule has 1 saturated heterocycles. The summed E-state index contributed by atoms with van der Waals surface area (Å²) in [6.07, 6.45) is 3.64. The first-order valence-corrected chi connectivity index (χ1v) is 5.24. The average molecular weight is 230 g/mol. The monoisotopic (exact) mass is 229 g/mol. The average Bonchev–Trinajstić information content (AvgIpc) is 2.73. The van der Waals surface area contributed by atoms with Crippen LogP contribution in [0.5, 0.6) is 0 Å². The van der Waals surface area contributed by atoms with Crippen LogP contribution >= 0.6 is 11.6 Å². The second-order valence-corrected chi connectivity index (χ2v) is 3.79. The predicted octanol–water partition coefficient (Wildman–Crippen LogP) is 1.01. The summed E-state index contributed by atoms with van der Waals surface area (Å²) in [6, 6.07) is 0. The third-order valence-electron chi connectivity index (χ3n) is 2.32. The first-order chi connectivity index (χ1) is 7.27. The maximum absolute atomic E-state index is 11.1. The van der Waals surface area contributed by atoms with Crippen molar-refractivity contribution in [2.45, 2.75) is 18.9 Å². The minimum absolute atomic E-state index is 0.0931. The fourth-order valence-electron chi connectivity index (χ4n) is 1.52. The van der Waals surface area contributed by atoms with E-state index in [0.29, 0.717) is 12.4 Å². The molecule has 5 nitrogen and oxygen atoms in total. The van der Waals surface area contributed by atoms with E-state index in [9.17, 15) is 4.79 Å². The molecule has 0 radical (unpaired) electrons. The molecule has 2 rings (SSSR count). The standard InChI is InChI=1S/C9H12ClN3O2/c10-7-8(12-5-13-9(7)14)11-4-6-2-1-3-15-6/h5-6H,1-4H2,(H2,11,12,13,14). The Kier molecular flexibility index (Phi) is 3.23. The Morgan fingerprint density at radius 3 is 3.33 bits per heavy atom. The van der Waals surface area contributed by atoms with Crippen LogP contribution in [0.4, 0.5) is 5.82 Å². The van der Waals surface area contributed by atoms with Gasteiger partial charge in [0.25, 0.3) is 5.56 Å². The zero-order valence-corrected chi connectivity index (χ0v) is 8.88. The van der Waals surface area contributed by atoms with E-state index in [-0.39, 0.29) is 16.7 Å². The lowest BCUT2D eigenvalue weighted by molar-refractivity contribution is 0.120. The zero-order chi connectivity index (χ0) is 10.7. The highest BCUT2D eigenvalue weighted by Gasteiger charge is 2.16. The summed E-state index contributed by atoms with van der Waals surface area (Å²) in [6.45, 7) is 1.44. The Hall–Kier alpha value is -1.07. The van der Waals surface area contributed by atoms with Crippen molar-refractivity contribution < 1.29 is 4.74 Å². The molecule has 2 N–H and O–H groups in total. The van der Waals surface area contributed by atoms with Crippen LogP contribution in [0, 0.1) is 0 Å². The number of anilines is 1. The second-order valence-electron chi connectivity index (χ2n) is 3.41. The molecule has 1 aliphatic rings. The number of hydrogen-bond donors (Lipinski definition) is 2. The van der Waals surface area contributed by atoms with Crippen molar-refractivity contribution in [1.82, 2.24) is 9.97 Å². The summed E-state index contributed by atoms with van der Waals surface area (Å²) in [7, 11) is 0. The Morgan fingerprint density at radius 1 is 1.73 bits per heavy atom. The molecular weight excluding hydrogens is 218 g/mol. The molecule has 1 atom stereocenters. The minimum atomic E-state index is -0.332. The molecule has 1 aromatic rings. The first-order valence-electron chi connectivity index (χ1n) is 4.86. The maximum Gasteiger partial charge on any atom is 0.271 e. The van der Waals surface area contributed by atoms with Crippen LogP contribution in [-0.2, 0) is 4.74 Å². The van der Waals surface area contributed by atoms with E-state index >= 15 is 0 Å². The first kappa shape index (κ1) is 10.4. The van der Waals surface area contributed by atoms with Gasteiger partial charge in [-0.3, -0.25) is 4.79 Å². The number of hydrogen-bond acceptors (Lipinski definition) is 4.